The highest BCUT2D eigenvalue weighted by Crippen LogP contribution is 2.27. The number of para-hydroxylation sites is 1. The molecule has 10 heteroatoms. The molecule has 0 saturated carbocycles. The predicted molar refractivity (Wildman–Crippen MR) is 106 cm³/mol. The van der Waals surface area contributed by atoms with E-state index in [-0.39, 0.29) is 28.4 Å². The maximum Gasteiger partial charge on any atom is 0.322 e. The molecule has 3 rings (SSSR count). The zero-order chi connectivity index (χ0) is 21.3. The van der Waals surface area contributed by atoms with E-state index in [9.17, 15) is 12.8 Å². The number of hydrogen-bond donors (Lipinski definition) is 1. The molecule has 0 bridgehead atoms. The van der Waals surface area contributed by atoms with Crippen molar-refractivity contribution in [2.75, 3.05) is 4.72 Å². The van der Waals surface area contributed by atoms with Crippen LogP contribution in [0.15, 0.2) is 35.5 Å². The summed E-state index contributed by atoms with van der Waals surface area (Å²) in [5.74, 6) is 0.163. The average Bonchev–Trinajstić information content (AvgIpc) is 3.03. The fourth-order valence-corrected chi connectivity index (χ4v) is 3.99. The fraction of sp³-hybridized carbons (Fsp3) is 0.316. The van der Waals surface area contributed by atoms with Gasteiger partial charge in [-0.1, -0.05) is 26.0 Å². The van der Waals surface area contributed by atoms with Gasteiger partial charge in [-0.15, -0.1) is 0 Å². The van der Waals surface area contributed by atoms with Crippen molar-refractivity contribution in [1.29, 1.82) is 0 Å². The van der Waals surface area contributed by atoms with Gasteiger partial charge in [0.15, 0.2) is 16.6 Å². The summed E-state index contributed by atoms with van der Waals surface area (Å²) < 4.78 is 48.9. The van der Waals surface area contributed by atoms with Crippen LogP contribution in [0, 0.1) is 19.7 Å². The third-order valence-corrected chi connectivity index (χ3v) is 5.43. The van der Waals surface area contributed by atoms with Gasteiger partial charge in [0.05, 0.1) is 17.1 Å². The molecule has 0 saturated heterocycles. The van der Waals surface area contributed by atoms with E-state index in [1.165, 1.54) is 18.3 Å². The normalized spacial score (nSPS) is 11.7. The average molecular weight is 419 g/mol. The summed E-state index contributed by atoms with van der Waals surface area (Å²) in [5.41, 5.74) is 0.905. The Kier molecular flexibility index (Phi) is 5.56. The SMILES string of the molecule is Cc1nc(Oc2ccccc2F)nc(C)c1NS(=O)(=O)c1cn(C)c(C(C)C)n1. The molecule has 0 aliphatic heterocycles. The molecule has 1 N–H and O–H groups in total. The highest BCUT2D eigenvalue weighted by atomic mass is 32.2. The van der Waals surface area contributed by atoms with Crippen LogP contribution in [0.25, 0.3) is 0 Å². The van der Waals surface area contributed by atoms with Crippen molar-refractivity contribution in [2.45, 2.75) is 38.6 Å². The molecule has 0 aliphatic carbocycles. The molecular weight excluding hydrogens is 397 g/mol. The van der Waals surface area contributed by atoms with Crippen molar-refractivity contribution >= 4 is 15.7 Å². The largest absolute Gasteiger partial charge is 0.421 e. The lowest BCUT2D eigenvalue weighted by molar-refractivity contribution is 0.409. The van der Waals surface area contributed by atoms with E-state index in [1.807, 2.05) is 13.8 Å². The molecule has 1 aromatic carbocycles. The van der Waals surface area contributed by atoms with Crippen LogP contribution in [-0.2, 0) is 17.1 Å². The number of sulfonamides is 1. The maximum atomic E-state index is 13.8. The number of imidazole rings is 1. The van der Waals surface area contributed by atoms with Crippen LogP contribution in [-0.4, -0.2) is 27.9 Å². The second-order valence-corrected chi connectivity index (χ2v) is 8.52. The third-order valence-electron chi connectivity index (χ3n) is 4.21. The highest BCUT2D eigenvalue weighted by Gasteiger charge is 2.23. The topological polar surface area (TPSA) is 99.0 Å². The van der Waals surface area contributed by atoms with Crippen molar-refractivity contribution in [1.82, 2.24) is 19.5 Å². The Hall–Kier alpha value is -3.01. The Morgan fingerprint density at radius 1 is 1.10 bits per heavy atom. The predicted octanol–water partition coefficient (Wildman–Crippen LogP) is 3.68. The molecule has 0 radical (unpaired) electrons. The Balaban J connectivity index is 1.90. The minimum absolute atomic E-state index is 0.0191. The molecule has 0 atom stereocenters. The Morgan fingerprint density at radius 2 is 1.72 bits per heavy atom. The summed E-state index contributed by atoms with van der Waals surface area (Å²) in [6, 6.07) is 5.80. The maximum absolute atomic E-state index is 13.8. The monoisotopic (exact) mass is 419 g/mol. The van der Waals surface area contributed by atoms with Crippen molar-refractivity contribution in [2.24, 2.45) is 7.05 Å². The molecule has 2 aromatic heterocycles. The Morgan fingerprint density at radius 3 is 2.28 bits per heavy atom. The molecule has 0 aliphatic rings. The lowest BCUT2D eigenvalue weighted by Crippen LogP contribution is -2.16. The number of rotatable bonds is 6. The van der Waals surface area contributed by atoms with Gasteiger partial charge < -0.3 is 9.30 Å². The van der Waals surface area contributed by atoms with Crippen molar-refractivity contribution in [3.63, 3.8) is 0 Å². The standard InChI is InChI=1S/C19H22FN5O3S/c1-11(2)18-23-16(10-25(18)5)29(26,27)24-17-12(3)21-19(22-13(17)4)28-15-9-7-6-8-14(15)20/h6-11,24H,1-5H3. The third kappa shape index (κ3) is 4.37. The van der Waals surface area contributed by atoms with Crippen molar-refractivity contribution < 1.29 is 17.5 Å². The van der Waals surface area contributed by atoms with Crippen LogP contribution in [0.5, 0.6) is 11.8 Å². The van der Waals surface area contributed by atoms with Crippen molar-refractivity contribution in [3.05, 3.63) is 53.5 Å². The minimum atomic E-state index is -3.93. The number of nitrogens with zero attached hydrogens (tertiary/aromatic N) is 4. The summed E-state index contributed by atoms with van der Waals surface area (Å²) in [7, 11) is -2.19. The van der Waals surface area contributed by atoms with Gasteiger partial charge in [0, 0.05) is 19.2 Å². The van der Waals surface area contributed by atoms with Crippen LogP contribution in [0.4, 0.5) is 10.1 Å². The summed E-state index contributed by atoms with van der Waals surface area (Å²) in [6.45, 7) is 7.09. The smallest absolute Gasteiger partial charge is 0.322 e. The summed E-state index contributed by atoms with van der Waals surface area (Å²) in [5, 5.41) is -0.0887. The first-order valence-electron chi connectivity index (χ1n) is 8.92. The van der Waals surface area contributed by atoms with Crippen LogP contribution in [0.3, 0.4) is 0 Å². The summed E-state index contributed by atoms with van der Waals surface area (Å²) in [6.07, 6.45) is 1.46. The molecule has 154 valence electrons. The number of anilines is 1. The minimum Gasteiger partial charge on any atom is -0.421 e. The second-order valence-electron chi connectivity index (χ2n) is 6.89. The van der Waals surface area contributed by atoms with Gasteiger partial charge in [-0.3, -0.25) is 4.72 Å². The van der Waals surface area contributed by atoms with E-state index in [4.69, 9.17) is 4.74 Å². The first-order chi connectivity index (χ1) is 13.6. The van der Waals surface area contributed by atoms with E-state index in [0.717, 1.165) is 0 Å². The van der Waals surface area contributed by atoms with E-state index in [1.54, 1.807) is 37.6 Å². The second kappa shape index (κ2) is 7.78. The number of ether oxygens (including phenoxy) is 1. The number of aromatic nitrogens is 4. The van der Waals surface area contributed by atoms with Crippen LogP contribution in [0.1, 0.15) is 37.0 Å². The number of aryl methyl sites for hydroxylation is 3. The summed E-state index contributed by atoms with van der Waals surface area (Å²) in [4.78, 5) is 12.5. The molecule has 0 spiro atoms. The summed E-state index contributed by atoms with van der Waals surface area (Å²) >= 11 is 0. The number of benzene rings is 1. The van der Waals surface area contributed by atoms with Gasteiger partial charge in [0.2, 0.25) is 0 Å². The van der Waals surface area contributed by atoms with Gasteiger partial charge in [0.25, 0.3) is 10.0 Å². The quantitative estimate of drug-likeness (QED) is 0.654. The van der Waals surface area contributed by atoms with E-state index in [0.29, 0.717) is 17.2 Å². The van der Waals surface area contributed by atoms with E-state index < -0.39 is 15.8 Å². The first kappa shape index (κ1) is 20.7. The Bertz CT molecular complexity index is 1140. The molecular formula is C19H22FN5O3S. The molecule has 0 unspecified atom stereocenters. The van der Waals surface area contributed by atoms with Gasteiger partial charge in [-0.05, 0) is 26.0 Å². The fourth-order valence-electron chi connectivity index (χ4n) is 2.81. The van der Waals surface area contributed by atoms with Gasteiger partial charge in [-0.2, -0.15) is 18.4 Å². The van der Waals surface area contributed by atoms with Gasteiger partial charge >= 0.3 is 6.01 Å². The van der Waals surface area contributed by atoms with Crippen LogP contribution < -0.4 is 9.46 Å². The Labute approximate surface area is 168 Å². The molecule has 0 amide bonds. The number of halogens is 1. The zero-order valence-corrected chi connectivity index (χ0v) is 17.6. The number of nitrogens with one attached hydrogen (secondary N) is 1. The zero-order valence-electron chi connectivity index (χ0n) is 16.8. The molecule has 2 heterocycles. The first-order valence-corrected chi connectivity index (χ1v) is 10.4. The highest BCUT2D eigenvalue weighted by molar-refractivity contribution is 7.92. The van der Waals surface area contributed by atoms with E-state index in [2.05, 4.69) is 19.7 Å². The van der Waals surface area contributed by atoms with Gasteiger partial charge in [-0.25, -0.2) is 9.37 Å². The van der Waals surface area contributed by atoms with Crippen molar-refractivity contribution in [3.8, 4) is 11.8 Å². The molecule has 29 heavy (non-hydrogen) atoms. The molecule has 8 nitrogen and oxygen atoms in total. The van der Waals surface area contributed by atoms with Crippen LogP contribution >= 0.6 is 0 Å². The molecule has 3 aromatic rings. The lowest BCUT2D eigenvalue weighted by Gasteiger charge is -2.13. The van der Waals surface area contributed by atoms with Gasteiger partial charge in [0.1, 0.15) is 5.82 Å². The van der Waals surface area contributed by atoms with Crippen LogP contribution in [0.2, 0.25) is 0 Å². The molecule has 0 fully saturated rings. The number of hydrogen-bond acceptors (Lipinski definition) is 6. The lowest BCUT2D eigenvalue weighted by atomic mass is 10.2. The van der Waals surface area contributed by atoms with E-state index >= 15 is 0 Å².